The molecule has 0 saturated carbocycles. The average molecular weight is 268 g/mol. The molecule has 0 aliphatic carbocycles. The molecule has 2 rings (SSSR count). The fraction of sp³-hybridized carbons (Fsp3) is 0.182. The second-order valence-electron chi connectivity index (χ2n) is 3.63. The zero-order valence-electron chi connectivity index (χ0n) is 9.35. The molecule has 1 atom stereocenters. The Morgan fingerprint density at radius 1 is 1.47 bits per heavy atom. The number of pyridine rings is 1. The molecule has 0 spiro atoms. The molecule has 0 aliphatic heterocycles. The molecule has 0 radical (unpaired) electrons. The number of hydrogen-bond donors (Lipinski definition) is 1. The summed E-state index contributed by atoms with van der Waals surface area (Å²) in [6.45, 7) is 0. The number of carbonyl (C=O) groups excluding carboxylic acids is 1. The molecule has 5 nitrogen and oxygen atoms in total. The normalized spacial score (nSPS) is 12.9. The lowest BCUT2D eigenvalue weighted by Crippen LogP contribution is -2.21. The van der Waals surface area contributed by atoms with Gasteiger partial charge in [0.15, 0.2) is 6.04 Å². The van der Waals surface area contributed by atoms with E-state index in [9.17, 15) is 18.0 Å². The Bertz CT molecular complexity index is 656. The van der Waals surface area contributed by atoms with Gasteiger partial charge in [-0.2, -0.15) is 18.4 Å². The fourth-order valence-corrected chi connectivity index (χ4v) is 1.74. The van der Waals surface area contributed by atoms with Gasteiger partial charge < -0.3 is 5.32 Å². The van der Waals surface area contributed by atoms with Gasteiger partial charge in [-0.25, -0.2) is 4.98 Å². The number of hydrogen-bond acceptors (Lipinski definition) is 3. The standard InChI is InChI=1S/C11H7F3N4O/c12-11(13,14)9-2-1-3-10-16-5-8(18(9)10)7(4-15)17-6-19/h1-3,5-7H,(H,17,19). The molecule has 0 aliphatic rings. The Labute approximate surface area is 105 Å². The maximum atomic E-state index is 12.9. The van der Waals surface area contributed by atoms with E-state index in [2.05, 4.69) is 10.3 Å². The molecule has 1 unspecified atom stereocenters. The van der Waals surface area contributed by atoms with E-state index in [4.69, 9.17) is 5.26 Å². The lowest BCUT2D eigenvalue weighted by atomic mass is 10.2. The van der Waals surface area contributed by atoms with E-state index in [1.165, 1.54) is 12.1 Å². The maximum absolute atomic E-state index is 12.9. The lowest BCUT2D eigenvalue weighted by Gasteiger charge is -2.13. The number of nitrogens with zero attached hydrogens (tertiary/aromatic N) is 3. The number of amides is 1. The van der Waals surface area contributed by atoms with Crippen molar-refractivity contribution in [3.05, 3.63) is 35.8 Å². The van der Waals surface area contributed by atoms with Crippen LogP contribution in [0.15, 0.2) is 24.4 Å². The summed E-state index contributed by atoms with van der Waals surface area (Å²) in [6, 6.07) is 4.00. The van der Waals surface area contributed by atoms with E-state index in [0.29, 0.717) is 0 Å². The van der Waals surface area contributed by atoms with Crippen molar-refractivity contribution in [2.24, 2.45) is 0 Å². The van der Waals surface area contributed by atoms with Crippen LogP contribution in [0.4, 0.5) is 13.2 Å². The Kier molecular flexibility index (Phi) is 3.12. The van der Waals surface area contributed by atoms with E-state index in [1.54, 1.807) is 6.07 Å². The number of fused-ring (bicyclic) bond motifs is 1. The van der Waals surface area contributed by atoms with Crippen molar-refractivity contribution in [1.82, 2.24) is 14.7 Å². The number of nitriles is 1. The van der Waals surface area contributed by atoms with Crippen LogP contribution in [-0.4, -0.2) is 15.8 Å². The van der Waals surface area contributed by atoms with E-state index < -0.39 is 17.9 Å². The van der Waals surface area contributed by atoms with Crippen LogP contribution in [0.25, 0.3) is 5.65 Å². The quantitative estimate of drug-likeness (QED) is 0.861. The lowest BCUT2D eigenvalue weighted by molar-refractivity contribution is -0.142. The van der Waals surface area contributed by atoms with Gasteiger partial charge >= 0.3 is 6.18 Å². The molecular weight excluding hydrogens is 261 g/mol. The van der Waals surface area contributed by atoms with E-state index >= 15 is 0 Å². The van der Waals surface area contributed by atoms with E-state index in [1.807, 2.05) is 0 Å². The molecule has 2 aromatic heterocycles. The van der Waals surface area contributed by atoms with Crippen molar-refractivity contribution >= 4 is 12.1 Å². The van der Waals surface area contributed by atoms with Crippen molar-refractivity contribution in [2.75, 3.05) is 0 Å². The summed E-state index contributed by atoms with van der Waals surface area (Å²) >= 11 is 0. The third-order valence-electron chi connectivity index (χ3n) is 2.51. The van der Waals surface area contributed by atoms with Crippen molar-refractivity contribution in [3.8, 4) is 6.07 Å². The molecule has 1 N–H and O–H groups in total. The number of halogens is 3. The number of aromatic nitrogens is 2. The van der Waals surface area contributed by atoms with E-state index in [-0.39, 0.29) is 17.8 Å². The molecular formula is C11H7F3N4O. The highest BCUT2D eigenvalue weighted by Crippen LogP contribution is 2.31. The molecule has 0 aromatic carbocycles. The second kappa shape index (κ2) is 4.61. The van der Waals surface area contributed by atoms with Crippen molar-refractivity contribution in [3.63, 3.8) is 0 Å². The summed E-state index contributed by atoms with van der Waals surface area (Å²) in [5.41, 5.74) is -0.944. The molecule has 0 fully saturated rings. The molecule has 2 heterocycles. The van der Waals surface area contributed by atoms with Crippen LogP contribution < -0.4 is 5.32 Å². The van der Waals surface area contributed by atoms with Crippen LogP contribution in [-0.2, 0) is 11.0 Å². The van der Waals surface area contributed by atoms with Gasteiger partial charge in [0, 0.05) is 0 Å². The van der Waals surface area contributed by atoms with E-state index in [0.717, 1.165) is 16.7 Å². The highest BCUT2D eigenvalue weighted by molar-refractivity contribution is 5.50. The molecule has 0 saturated heterocycles. The van der Waals surface area contributed by atoms with Crippen molar-refractivity contribution in [2.45, 2.75) is 12.2 Å². The zero-order chi connectivity index (χ0) is 14.0. The molecule has 0 bridgehead atoms. The fourth-order valence-electron chi connectivity index (χ4n) is 1.74. The smallest absolute Gasteiger partial charge is 0.338 e. The van der Waals surface area contributed by atoms with Crippen LogP contribution in [0, 0.1) is 11.3 Å². The predicted octanol–water partition coefficient (Wildman–Crippen LogP) is 1.66. The van der Waals surface area contributed by atoms with Gasteiger partial charge in [0.1, 0.15) is 11.3 Å². The minimum Gasteiger partial charge on any atom is -0.338 e. The number of carbonyl (C=O) groups is 1. The van der Waals surface area contributed by atoms with Crippen LogP contribution in [0.1, 0.15) is 17.4 Å². The van der Waals surface area contributed by atoms with Crippen LogP contribution in [0.5, 0.6) is 0 Å². The highest BCUT2D eigenvalue weighted by atomic mass is 19.4. The monoisotopic (exact) mass is 268 g/mol. The predicted molar refractivity (Wildman–Crippen MR) is 57.7 cm³/mol. The number of imidazole rings is 1. The SMILES string of the molecule is N#CC(NC=O)c1cnc2cccc(C(F)(F)F)n12. The Hall–Kier alpha value is -2.56. The third-order valence-corrected chi connectivity index (χ3v) is 2.51. The first kappa shape index (κ1) is 12.9. The summed E-state index contributed by atoms with van der Waals surface area (Å²) in [7, 11) is 0. The second-order valence-corrected chi connectivity index (χ2v) is 3.63. The largest absolute Gasteiger partial charge is 0.431 e. The summed E-state index contributed by atoms with van der Waals surface area (Å²) in [4.78, 5) is 14.2. The molecule has 98 valence electrons. The van der Waals surface area contributed by atoms with Crippen molar-refractivity contribution in [1.29, 1.82) is 5.26 Å². The van der Waals surface area contributed by atoms with Crippen LogP contribution in [0.2, 0.25) is 0 Å². The Morgan fingerprint density at radius 2 is 2.21 bits per heavy atom. The number of alkyl halides is 3. The van der Waals surface area contributed by atoms with Gasteiger partial charge in [0.05, 0.1) is 18.0 Å². The van der Waals surface area contributed by atoms with Gasteiger partial charge in [-0.1, -0.05) is 6.07 Å². The topological polar surface area (TPSA) is 70.2 Å². The van der Waals surface area contributed by atoms with Crippen LogP contribution in [0.3, 0.4) is 0 Å². The van der Waals surface area contributed by atoms with Crippen molar-refractivity contribution < 1.29 is 18.0 Å². The van der Waals surface area contributed by atoms with Gasteiger partial charge in [0.2, 0.25) is 6.41 Å². The first-order chi connectivity index (χ1) is 8.99. The minimum atomic E-state index is -4.59. The molecule has 1 amide bonds. The van der Waals surface area contributed by atoms with Gasteiger partial charge in [-0.05, 0) is 12.1 Å². The molecule has 8 heteroatoms. The Balaban J connectivity index is 2.70. The Morgan fingerprint density at radius 3 is 2.79 bits per heavy atom. The van der Waals surface area contributed by atoms with Gasteiger partial charge in [-0.3, -0.25) is 9.20 Å². The van der Waals surface area contributed by atoms with Gasteiger partial charge in [-0.15, -0.1) is 0 Å². The zero-order valence-corrected chi connectivity index (χ0v) is 9.35. The van der Waals surface area contributed by atoms with Crippen LogP contribution >= 0.6 is 0 Å². The minimum absolute atomic E-state index is 0.0440. The summed E-state index contributed by atoms with van der Waals surface area (Å²) < 4.78 is 39.5. The summed E-state index contributed by atoms with van der Waals surface area (Å²) in [5.74, 6) is 0. The average Bonchev–Trinajstić information content (AvgIpc) is 2.78. The first-order valence-electron chi connectivity index (χ1n) is 5.12. The highest BCUT2D eigenvalue weighted by Gasteiger charge is 2.34. The third kappa shape index (κ3) is 2.22. The number of rotatable bonds is 3. The summed E-state index contributed by atoms with van der Waals surface area (Å²) in [6.07, 6.45) is -3.20. The number of nitrogens with one attached hydrogen (secondary N) is 1. The maximum Gasteiger partial charge on any atom is 0.431 e. The summed E-state index contributed by atoms with van der Waals surface area (Å²) in [5, 5.41) is 11.0. The molecule has 19 heavy (non-hydrogen) atoms. The van der Waals surface area contributed by atoms with Gasteiger partial charge in [0.25, 0.3) is 0 Å². The molecule has 2 aromatic rings. The first-order valence-corrected chi connectivity index (χ1v) is 5.12.